The van der Waals surface area contributed by atoms with Gasteiger partial charge in [0.05, 0.1) is 4.90 Å². The van der Waals surface area contributed by atoms with Crippen molar-refractivity contribution in [1.82, 2.24) is 0 Å². The molecular weight excluding hydrogens is 360 g/mol. The third-order valence-corrected chi connectivity index (χ3v) is 5.29. The van der Waals surface area contributed by atoms with Crippen LogP contribution in [0.1, 0.15) is 10.4 Å². The molecule has 0 unspecified atom stereocenters. The number of halogens is 1. The minimum atomic E-state index is -3.18. The molecule has 0 N–H and O–H groups in total. The van der Waals surface area contributed by atoms with Gasteiger partial charge < -0.3 is 0 Å². The van der Waals surface area contributed by atoms with Crippen LogP contribution in [0.25, 0.3) is 0 Å². The van der Waals surface area contributed by atoms with Crippen molar-refractivity contribution in [2.24, 2.45) is 0 Å². The Balaban J connectivity index is 2.31. The molecule has 3 nitrogen and oxygen atoms in total. The lowest BCUT2D eigenvalue weighted by molar-refractivity contribution is 0.112. The lowest BCUT2D eigenvalue weighted by atomic mass is 10.2. The molecule has 0 radical (unpaired) electrons. The summed E-state index contributed by atoms with van der Waals surface area (Å²) in [6, 6.07) is 12.0. The van der Waals surface area contributed by atoms with Gasteiger partial charge in [-0.05, 0) is 42.5 Å². The molecule has 0 aliphatic carbocycles. The van der Waals surface area contributed by atoms with Crippen molar-refractivity contribution in [3.05, 3.63) is 52.5 Å². The second kappa shape index (κ2) is 6.11. The third kappa shape index (κ3) is 3.71. The number of carbonyl (C=O) groups excluding carboxylic acids is 1. The Morgan fingerprint density at radius 2 is 1.75 bits per heavy atom. The quantitative estimate of drug-likeness (QED) is 0.767. The van der Waals surface area contributed by atoms with E-state index in [-0.39, 0.29) is 4.90 Å². The summed E-state index contributed by atoms with van der Waals surface area (Å²) in [6.45, 7) is 0. The zero-order chi connectivity index (χ0) is 14.8. The standard InChI is InChI=1S/C14H11BrO3S2/c1-20(17,18)13-6-4-12(5-7-13)19-14-8-11(15)3-2-10(14)9-16/h2-9H,1H3. The summed E-state index contributed by atoms with van der Waals surface area (Å²) >= 11 is 4.78. The first-order valence-corrected chi connectivity index (χ1v) is 9.13. The highest BCUT2D eigenvalue weighted by Crippen LogP contribution is 2.32. The molecule has 0 spiro atoms. The number of hydrogen-bond acceptors (Lipinski definition) is 4. The molecule has 0 saturated heterocycles. The Bertz CT molecular complexity index is 738. The van der Waals surface area contributed by atoms with E-state index in [0.29, 0.717) is 5.56 Å². The van der Waals surface area contributed by atoms with Crippen molar-refractivity contribution in [1.29, 1.82) is 0 Å². The van der Waals surface area contributed by atoms with Gasteiger partial charge in [-0.15, -0.1) is 0 Å². The van der Waals surface area contributed by atoms with Crippen LogP contribution in [0.5, 0.6) is 0 Å². The molecule has 0 aromatic heterocycles. The molecule has 0 aliphatic rings. The molecule has 2 rings (SSSR count). The van der Waals surface area contributed by atoms with Gasteiger partial charge in [0.2, 0.25) is 0 Å². The number of carbonyl (C=O) groups is 1. The average molecular weight is 371 g/mol. The number of rotatable bonds is 4. The molecule has 2 aromatic rings. The largest absolute Gasteiger partial charge is 0.298 e. The summed E-state index contributed by atoms with van der Waals surface area (Å²) < 4.78 is 23.7. The predicted molar refractivity (Wildman–Crippen MR) is 83.2 cm³/mol. The average Bonchev–Trinajstić information content (AvgIpc) is 2.38. The first kappa shape index (κ1) is 15.3. The third-order valence-electron chi connectivity index (χ3n) is 2.58. The van der Waals surface area contributed by atoms with E-state index in [1.807, 2.05) is 6.07 Å². The van der Waals surface area contributed by atoms with Gasteiger partial charge >= 0.3 is 0 Å². The maximum Gasteiger partial charge on any atom is 0.175 e. The molecule has 20 heavy (non-hydrogen) atoms. The van der Waals surface area contributed by atoms with E-state index in [9.17, 15) is 13.2 Å². The molecule has 2 aromatic carbocycles. The smallest absolute Gasteiger partial charge is 0.175 e. The molecule has 0 fully saturated rings. The SMILES string of the molecule is CS(=O)(=O)c1ccc(Sc2cc(Br)ccc2C=O)cc1. The molecule has 104 valence electrons. The summed E-state index contributed by atoms with van der Waals surface area (Å²) in [4.78, 5) is 13.0. The molecule has 6 heteroatoms. The van der Waals surface area contributed by atoms with Crippen LogP contribution in [0.15, 0.2) is 61.6 Å². The first-order chi connectivity index (χ1) is 9.40. The summed E-state index contributed by atoms with van der Waals surface area (Å²) in [5.74, 6) is 0. The van der Waals surface area contributed by atoms with Crippen LogP contribution >= 0.6 is 27.7 Å². The van der Waals surface area contributed by atoms with Crippen LogP contribution in [-0.4, -0.2) is 21.0 Å². The monoisotopic (exact) mass is 370 g/mol. The van der Waals surface area contributed by atoms with Crippen molar-refractivity contribution >= 4 is 43.8 Å². The lowest BCUT2D eigenvalue weighted by Crippen LogP contribution is -1.96. The number of aldehydes is 1. The van der Waals surface area contributed by atoms with Crippen LogP contribution in [-0.2, 0) is 9.84 Å². The Kier molecular flexibility index (Phi) is 4.67. The molecular formula is C14H11BrO3S2. The zero-order valence-corrected chi connectivity index (χ0v) is 13.8. The van der Waals surface area contributed by atoms with Gasteiger partial charge in [0.1, 0.15) is 0 Å². The summed E-state index contributed by atoms with van der Waals surface area (Å²) in [5.41, 5.74) is 0.602. The van der Waals surface area contributed by atoms with Crippen molar-refractivity contribution in [2.75, 3.05) is 6.26 Å². The van der Waals surface area contributed by atoms with Crippen molar-refractivity contribution in [3.8, 4) is 0 Å². The fourth-order valence-corrected chi connectivity index (χ4v) is 3.66. The van der Waals surface area contributed by atoms with E-state index >= 15 is 0 Å². The molecule has 0 atom stereocenters. The normalized spacial score (nSPS) is 11.3. The maximum absolute atomic E-state index is 11.4. The molecule has 0 amide bonds. The Morgan fingerprint density at radius 3 is 2.30 bits per heavy atom. The van der Waals surface area contributed by atoms with Gasteiger partial charge in [-0.1, -0.05) is 27.7 Å². The van der Waals surface area contributed by atoms with Crippen LogP contribution in [0, 0.1) is 0 Å². The minimum Gasteiger partial charge on any atom is -0.298 e. The second-order valence-corrected chi connectivity index (χ2v) is 8.19. The van der Waals surface area contributed by atoms with Gasteiger partial charge in [-0.2, -0.15) is 0 Å². The minimum absolute atomic E-state index is 0.284. The summed E-state index contributed by atoms with van der Waals surface area (Å²) in [5, 5.41) is 0. The van der Waals surface area contributed by atoms with E-state index in [2.05, 4.69) is 15.9 Å². The number of benzene rings is 2. The van der Waals surface area contributed by atoms with E-state index in [1.54, 1.807) is 36.4 Å². The van der Waals surface area contributed by atoms with Gasteiger partial charge in [0.25, 0.3) is 0 Å². The van der Waals surface area contributed by atoms with E-state index in [4.69, 9.17) is 0 Å². The van der Waals surface area contributed by atoms with Gasteiger partial charge in [-0.3, -0.25) is 4.79 Å². The van der Waals surface area contributed by atoms with Crippen molar-refractivity contribution in [3.63, 3.8) is 0 Å². The molecule has 0 saturated carbocycles. The van der Waals surface area contributed by atoms with Gasteiger partial charge in [-0.25, -0.2) is 8.42 Å². The zero-order valence-electron chi connectivity index (χ0n) is 10.5. The van der Waals surface area contributed by atoms with E-state index < -0.39 is 9.84 Å². The van der Waals surface area contributed by atoms with E-state index in [1.165, 1.54) is 18.0 Å². The Hall–Kier alpha value is -1.11. The van der Waals surface area contributed by atoms with Crippen molar-refractivity contribution < 1.29 is 13.2 Å². The highest BCUT2D eigenvalue weighted by atomic mass is 79.9. The van der Waals surface area contributed by atoms with Crippen LogP contribution in [0.3, 0.4) is 0 Å². The fourth-order valence-electron chi connectivity index (χ4n) is 1.58. The fraction of sp³-hybridized carbons (Fsp3) is 0.0714. The maximum atomic E-state index is 11.4. The highest BCUT2D eigenvalue weighted by Gasteiger charge is 2.08. The van der Waals surface area contributed by atoms with Gasteiger partial charge in [0.15, 0.2) is 16.1 Å². The van der Waals surface area contributed by atoms with E-state index in [0.717, 1.165) is 20.5 Å². The second-order valence-electron chi connectivity index (χ2n) is 4.15. The number of hydrogen-bond donors (Lipinski definition) is 0. The first-order valence-electron chi connectivity index (χ1n) is 5.63. The molecule has 0 bridgehead atoms. The van der Waals surface area contributed by atoms with Crippen LogP contribution in [0.4, 0.5) is 0 Å². The van der Waals surface area contributed by atoms with Crippen LogP contribution < -0.4 is 0 Å². The van der Waals surface area contributed by atoms with Crippen molar-refractivity contribution in [2.45, 2.75) is 14.7 Å². The molecule has 0 heterocycles. The number of sulfone groups is 1. The van der Waals surface area contributed by atoms with Crippen LogP contribution in [0.2, 0.25) is 0 Å². The van der Waals surface area contributed by atoms with Gasteiger partial charge in [0, 0.05) is 26.1 Å². The highest BCUT2D eigenvalue weighted by molar-refractivity contribution is 9.10. The molecule has 0 aliphatic heterocycles. The Morgan fingerprint density at radius 1 is 1.10 bits per heavy atom. The predicted octanol–water partition coefficient (Wildman–Crippen LogP) is 3.82. The summed E-state index contributed by atoms with van der Waals surface area (Å²) in [7, 11) is -3.18. The topological polar surface area (TPSA) is 51.2 Å². The lowest BCUT2D eigenvalue weighted by Gasteiger charge is -2.06. The summed E-state index contributed by atoms with van der Waals surface area (Å²) in [6.07, 6.45) is 1.98. The Labute approximate surface area is 130 Å².